The predicted molar refractivity (Wildman–Crippen MR) is 75.8 cm³/mol. The van der Waals surface area contributed by atoms with E-state index in [1.807, 2.05) is 23.9 Å². The van der Waals surface area contributed by atoms with Crippen LogP contribution in [0.4, 0.5) is 0 Å². The number of aliphatic hydroxyl groups is 1. The van der Waals surface area contributed by atoms with E-state index in [0.717, 1.165) is 36.9 Å². The second-order valence-electron chi connectivity index (χ2n) is 5.62. The lowest BCUT2D eigenvalue weighted by Crippen LogP contribution is -2.37. The van der Waals surface area contributed by atoms with Gasteiger partial charge in [0.2, 0.25) is 0 Å². The Bertz CT molecular complexity index is 570. The monoisotopic (exact) mass is 259 g/mol. The second-order valence-corrected chi connectivity index (χ2v) is 5.62. The summed E-state index contributed by atoms with van der Waals surface area (Å²) in [5, 5.41) is 19.4. The van der Waals surface area contributed by atoms with Gasteiger partial charge < -0.3 is 10.4 Å². The molecule has 0 unspecified atom stereocenters. The van der Waals surface area contributed by atoms with Gasteiger partial charge in [0, 0.05) is 25.5 Å². The quantitative estimate of drug-likeness (QED) is 0.882. The molecule has 1 aromatic heterocycles. The molecule has 2 aromatic rings. The van der Waals surface area contributed by atoms with Crippen molar-refractivity contribution in [1.29, 1.82) is 0 Å². The minimum atomic E-state index is -0.495. The van der Waals surface area contributed by atoms with Gasteiger partial charge in [0.25, 0.3) is 0 Å². The van der Waals surface area contributed by atoms with Crippen LogP contribution >= 0.6 is 0 Å². The first kappa shape index (κ1) is 12.6. The predicted octanol–water partition coefficient (Wildman–Crippen LogP) is 1.97. The molecule has 1 saturated carbocycles. The van der Waals surface area contributed by atoms with E-state index in [1.165, 1.54) is 5.39 Å². The maximum Gasteiger partial charge on any atom is 0.0841 e. The van der Waals surface area contributed by atoms with Crippen molar-refractivity contribution in [3.8, 4) is 0 Å². The van der Waals surface area contributed by atoms with Crippen LogP contribution in [0, 0.1) is 0 Å². The average Bonchev–Trinajstić information content (AvgIpc) is 2.96. The molecule has 0 saturated heterocycles. The second kappa shape index (κ2) is 4.94. The summed E-state index contributed by atoms with van der Waals surface area (Å²) in [5.41, 5.74) is 1.71. The zero-order valence-corrected chi connectivity index (χ0v) is 11.4. The zero-order valence-electron chi connectivity index (χ0n) is 11.4. The number of para-hydroxylation sites is 1. The van der Waals surface area contributed by atoms with Crippen LogP contribution in [-0.2, 0) is 13.6 Å². The zero-order chi connectivity index (χ0) is 13.3. The van der Waals surface area contributed by atoms with Crippen molar-refractivity contribution in [2.45, 2.75) is 37.8 Å². The number of aryl methyl sites for hydroxylation is 1. The molecule has 0 amide bonds. The fourth-order valence-electron chi connectivity index (χ4n) is 3.04. The highest BCUT2D eigenvalue weighted by Gasteiger charge is 2.30. The normalized spacial score (nSPS) is 18.2. The molecule has 0 spiro atoms. The van der Waals surface area contributed by atoms with Gasteiger partial charge in [0.05, 0.1) is 16.8 Å². The van der Waals surface area contributed by atoms with Crippen molar-refractivity contribution in [2.75, 3.05) is 6.54 Å². The van der Waals surface area contributed by atoms with Crippen molar-refractivity contribution < 1.29 is 5.11 Å². The molecular weight excluding hydrogens is 238 g/mol. The van der Waals surface area contributed by atoms with E-state index in [4.69, 9.17) is 0 Å². The number of nitrogens with zero attached hydrogens (tertiary/aromatic N) is 2. The largest absolute Gasteiger partial charge is 0.389 e. The summed E-state index contributed by atoms with van der Waals surface area (Å²) in [7, 11) is 1.97. The molecular formula is C15H21N3O. The smallest absolute Gasteiger partial charge is 0.0841 e. The van der Waals surface area contributed by atoms with Gasteiger partial charge in [-0.3, -0.25) is 4.68 Å². The number of nitrogens with one attached hydrogen (secondary N) is 1. The summed E-state index contributed by atoms with van der Waals surface area (Å²) in [6.45, 7) is 1.38. The van der Waals surface area contributed by atoms with Crippen LogP contribution in [0.15, 0.2) is 24.3 Å². The summed E-state index contributed by atoms with van der Waals surface area (Å²) in [6, 6.07) is 8.25. The highest BCUT2D eigenvalue weighted by molar-refractivity contribution is 5.81. The van der Waals surface area contributed by atoms with Gasteiger partial charge in [0.1, 0.15) is 0 Å². The lowest BCUT2D eigenvalue weighted by molar-refractivity contribution is 0.0474. The molecule has 1 heterocycles. The van der Waals surface area contributed by atoms with Gasteiger partial charge in [-0.1, -0.05) is 31.0 Å². The molecule has 4 heteroatoms. The van der Waals surface area contributed by atoms with Gasteiger partial charge in [-0.25, -0.2) is 0 Å². The molecule has 4 nitrogen and oxygen atoms in total. The van der Waals surface area contributed by atoms with Crippen LogP contribution in [0.5, 0.6) is 0 Å². The lowest BCUT2D eigenvalue weighted by atomic mass is 10.0. The van der Waals surface area contributed by atoms with Gasteiger partial charge in [-0.15, -0.1) is 0 Å². The van der Waals surface area contributed by atoms with E-state index in [-0.39, 0.29) is 0 Å². The summed E-state index contributed by atoms with van der Waals surface area (Å²) >= 11 is 0. The van der Waals surface area contributed by atoms with Crippen LogP contribution in [0.3, 0.4) is 0 Å². The molecule has 1 aliphatic carbocycles. The fourth-order valence-corrected chi connectivity index (χ4v) is 3.04. The Hall–Kier alpha value is -1.39. The third-order valence-corrected chi connectivity index (χ3v) is 4.12. The number of aromatic nitrogens is 2. The molecule has 3 rings (SSSR count). The Morgan fingerprint density at radius 3 is 2.84 bits per heavy atom. The van der Waals surface area contributed by atoms with Crippen molar-refractivity contribution in [2.24, 2.45) is 7.05 Å². The molecule has 19 heavy (non-hydrogen) atoms. The Morgan fingerprint density at radius 2 is 2.05 bits per heavy atom. The molecule has 0 bridgehead atoms. The summed E-state index contributed by atoms with van der Waals surface area (Å²) in [5.74, 6) is 0. The lowest BCUT2D eigenvalue weighted by Gasteiger charge is -2.22. The fraction of sp³-hybridized carbons (Fsp3) is 0.533. The molecule has 1 aromatic carbocycles. The molecule has 0 aliphatic heterocycles. The van der Waals surface area contributed by atoms with Gasteiger partial charge in [-0.2, -0.15) is 5.10 Å². The molecule has 2 N–H and O–H groups in total. The van der Waals surface area contributed by atoms with Gasteiger partial charge in [0.15, 0.2) is 0 Å². The van der Waals surface area contributed by atoms with Crippen LogP contribution < -0.4 is 5.32 Å². The van der Waals surface area contributed by atoms with Crippen LogP contribution in [-0.4, -0.2) is 27.0 Å². The number of fused-ring (bicyclic) bond motifs is 1. The van der Waals surface area contributed by atoms with E-state index in [2.05, 4.69) is 22.5 Å². The van der Waals surface area contributed by atoms with Crippen molar-refractivity contribution in [1.82, 2.24) is 15.1 Å². The molecule has 1 fully saturated rings. The van der Waals surface area contributed by atoms with Crippen molar-refractivity contribution in [3.63, 3.8) is 0 Å². The molecule has 102 valence electrons. The SMILES string of the molecule is Cn1nc(CNCC2(O)CCCC2)c2ccccc21. The number of rotatable bonds is 4. The third kappa shape index (κ3) is 2.51. The standard InChI is InChI=1S/C15H21N3O/c1-18-14-7-3-2-6-12(14)13(17-18)10-16-11-15(19)8-4-5-9-15/h2-3,6-7,16,19H,4-5,8-11H2,1H3. The Morgan fingerprint density at radius 1 is 1.32 bits per heavy atom. The Kier molecular flexibility index (Phi) is 3.29. The van der Waals surface area contributed by atoms with Crippen molar-refractivity contribution >= 4 is 10.9 Å². The molecule has 0 radical (unpaired) electrons. The van der Waals surface area contributed by atoms with Gasteiger partial charge in [-0.05, 0) is 18.9 Å². The average molecular weight is 259 g/mol. The summed E-state index contributed by atoms with van der Waals surface area (Å²) in [6.07, 6.45) is 4.13. The van der Waals surface area contributed by atoms with E-state index >= 15 is 0 Å². The maximum absolute atomic E-state index is 10.3. The van der Waals surface area contributed by atoms with Gasteiger partial charge >= 0.3 is 0 Å². The van der Waals surface area contributed by atoms with Crippen LogP contribution in [0.1, 0.15) is 31.4 Å². The first-order chi connectivity index (χ1) is 9.18. The summed E-state index contributed by atoms with van der Waals surface area (Å²) in [4.78, 5) is 0. The Balaban J connectivity index is 1.68. The van der Waals surface area contributed by atoms with Crippen LogP contribution in [0.2, 0.25) is 0 Å². The summed E-state index contributed by atoms with van der Waals surface area (Å²) < 4.78 is 1.91. The maximum atomic E-state index is 10.3. The van der Waals surface area contributed by atoms with E-state index in [1.54, 1.807) is 0 Å². The van der Waals surface area contributed by atoms with Crippen molar-refractivity contribution in [3.05, 3.63) is 30.0 Å². The Labute approximate surface area is 113 Å². The first-order valence-electron chi connectivity index (χ1n) is 7.02. The minimum Gasteiger partial charge on any atom is -0.389 e. The third-order valence-electron chi connectivity index (χ3n) is 4.12. The number of hydrogen-bond donors (Lipinski definition) is 2. The van der Waals surface area contributed by atoms with E-state index in [0.29, 0.717) is 13.1 Å². The van der Waals surface area contributed by atoms with Crippen LogP contribution in [0.25, 0.3) is 10.9 Å². The topological polar surface area (TPSA) is 50.1 Å². The highest BCUT2D eigenvalue weighted by Crippen LogP contribution is 2.28. The van der Waals surface area contributed by atoms with E-state index in [9.17, 15) is 5.11 Å². The number of benzene rings is 1. The van der Waals surface area contributed by atoms with E-state index < -0.39 is 5.60 Å². The highest BCUT2D eigenvalue weighted by atomic mass is 16.3. The molecule has 0 atom stereocenters. The first-order valence-corrected chi connectivity index (χ1v) is 7.02. The number of hydrogen-bond acceptors (Lipinski definition) is 3. The molecule has 1 aliphatic rings. The minimum absolute atomic E-state index is 0.495.